The third-order valence-corrected chi connectivity index (χ3v) is 6.03. The van der Waals surface area contributed by atoms with E-state index in [1.165, 1.54) is 9.13 Å². The molecule has 0 bridgehead atoms. The van der Waals surface area contributed by atoms with Crippen LogP contribution in [0.1, 0.15) is 30.8 Å². The van der Waals surface area contributed by atoms with E-state index in [2.05, 4.69) is 25.9 Å². The van der Waals surface area contributed by atoms with Crippen molar-refractivity contribution in [1.82, 2.24) is 28.7 Å². The number of anilines is 1. The van der Waals surface area contributed by atoms with Gasteiger partial charge in [0.25, 0.3) is 5.56 Å². The van der Waals surface area contributed by atoms with Gasteiger partial charge in [-0.05, 0) is 32.3 Å². The summed E-state index contributed by atoms with van der Waals surface area (Å²) in [5.41, 5.74) is 1.08. The first-order valence-corrected chi connectivity index (χ1v) is 10.7. The van der Waals surface area contributed by atoms with Crippen LogP contribution in [-0.4, -0.2) is 41.7 Å². The van der Waals surface area contributed by atoms with E-state index in [0.717, 1.165) is 53.5 Å². The quantitative estimate of drug-likeness (QED) is 0.460. The highest BCUT2D eigenvalue weighted by atomic mass is 16.2. The molecule has 1 fully saturated rings. The van der Waals surface area contributed by atoms with Crippen LogP contribution in [0.3, 0.4) is 0 Å². The van der Waals surface area contributed by atoms with Crippen molar-refractivity contribution in [1.29, 1.82) is 0 Å². The highest BCUT2D eigenvalue weighted by molar-refractivity contribution is 5.80. The van der Waals surface area contributed by atoms with E-state index in [1.807, 2.05) is 31.2 Å². The topological polar surface area (TPSA) is 90.8 Å². The lowest BCUT2D eigenvalue weighted by atomic mass is 10.1. The maximum Gasteiger partial charge on any atom is 0.332 e. The predicted molar refractivity (Wildman–Crippen MR) is 123 cm³/mol. The molecule has 0 spiro atoms. The number of terminal acetylenes is 1. The molecule has 1 aliphatic heterocycles. The molecule has 9 heteroatoms. The Bertz CT molecular complexity index is 1510. The SMILES string of the molecule is C#Cn1c(N2CCCCC2)nc2c1c(=O)n(Cc1nc(C)c3ccccc3n1)c(=O)n2C. The minimum Gasteiger partial charge on any atom is -0.341 e. The average molecular weight is 429 g/mol. The van der Waals surface area contributed by atoms with Crippen molar-refractivity contribution in [2.75, 3.05) is 18.0 Å². The van der Waals surface area contributed by atoms with Crippen LogP contribution < -0.4 is 16.1 Å². The lowest BCUT2D eigenvalue weighted by Gasteiger charge is -2.26. The molecule has 3 aromatic heterocycles. The minimum atomic E-state index is -0.494. The van der Waals surface area contributed by atoms with Gasteiger partial charge in [0.1, 0.15) is 5.82 Å². The Morgan fingerprint density at radius 1 is 1.06 bits per heavy atom. The van der Waals surface area contributed by atoms with E-state index < -0.39 is 11.2 Å². The monoisotopic (exact) mass is 429 g/mol. The number of nitrogens with zero attached hydrogens (tertiary/aromatic N) is 7. The predicted octanol–water partition coefficient (Wildman–Crippen LogP) is 1.63. The van der Waals surface area contributed by atoms with Gasteiger partial charge >= 0.3 is 5.69 Å². The fraction of sp³-hybridized carbons (Fsp3) is 0.348. The second-order valence-electron chi connectivity index (χ2n) is 8.07. The van der Waals surface area contributed by atoms with Crippen molar-refractivity contribution in [3.8, 4) is 12.5 Å². The van der Waals surface area contributed by atoms with E-state index in [1.54, 1.807) is 7.05 Å². The van der Waals surface area contributed by atoms with Crippen molar-refractivity contribution in [3.05, 3.63) is 56.6 Å². The van der Waals surface area contributed by atoms with E-state index in [9.17, 15) is 9.59 Å². The van der Waals surface area contributed by atoms with E-state index in [0.29, 0.717) is 11.8 Å². The van der Waals surface area contributed by atoms with Gasteiger partial charge in [-0.15, -0.1) is 0 Å². The number of aryl methyl sites for hydroxylation is 2. The summed E-state index contributed by atoms with van der Waals surface area (Å²) < 4.78 is 3.96. The van der Waals surface area contributed by atoms with Gasteiger partial charge in [-0.1, -0.05) is 24.6 Å². The molecule has 1 aliphatic rings. The zero-order valence-corrected chi connectivity index (χ0v) is 18.1. The zero-order chi connectivity index (χ0) is 22.4. The highest BCUT2D eigenvalue weighted by Gasteiger charge is 2.24. The van der Waals surface area contributed by atoms with Gasteiger partial charge < -0.3 is 4.90 Å². The second-order valence-corrected chi connectivity index (χ2v) is 8.07. The molecule has 1 saturated heterocycles. The Morgan fingerprint density at radius 3 is 2.56 bits per heavy atom. The molecule has 0 N–H and O–H groups in total. The van der Waals surface area contributed by atoms with Gasteiger partial charge in [-0.3, -0.25) is 13.9 Å². The summed E-state index contributed by atoms with van der Waals surface area (Å²) in [6, 6.07) is 10.2. The maximum atomic E-state index is 13.4. The first-order chi connectivity index (χ1) is 15.5. The number of aromatic nitrogens is 6. The van der Waals surface area contributed by atoms with Crippen molar-refractivity contribution in [3.63, 3.8) is 0 Å². The smallest absolute Gasteiger partial charge is 0.332 e. The molecule has 0 amide bonds. The van der Waals surface area contributed by atoms with Crippen LogP contribution in [0.2, 0.25) is 0 Å². The van der Waals surface area contributed by atoms with Crippen molar-refractivity contribution < 1.29 is 0 Å². The number of fused-ring (bicyclic) bond motifs is 2. The molecule has 32 heavy (non-hydrogen) atoms. The number of rotatable bonds is 3. The molecular formula is C23H23N7O2. The van der Waals surface area contributed by atoms with Crippen molar-refractivity contribution >= 4 is 28.0 Å². The number of para-hydroxylation sites is 1. The molecule has 4 aromatic rings. The summed E-state index contributed by atoms with van der Waals surface area (Å²) >= 11 is 0. The molecule has 5 rings (SSSR count). The molecule has 0 saturated carbocycles. The number of imidazole rings is 1. The first kappa shape index (κ1) is 20.0. The molecule has 4 heterocycles. The molecule has 0 unspecified atom stereocenters. The second kappa shape index (κ2) is 7.64. The molecule has 0 aliphatic carbocycles. The van der Waals surface area contributed by atoms with Gasteiger partial charge in [0.2, 0.25) is 5.95 Å². The third kappa shape index (κ3) is 3.07. The van der Waals surface area contributed by atoms with Crippen LogP contribution in [0.5, 0.6) is 0 Å². The van der Waals surface area contributed by atoms with Gasteiger partial charge in [-0.25, -0.2) is 19.3 Å². The van der Waals surface area contributed by atoms with Gasteiger partial charge in [0.15, 0.2) is 11.2 Å². The Labute approximate surface area is 184 Å². The molecule has 0 radical (unpaired) electrons. The zero-order valence-electron chi connectivity index (χ0n) is 18.1. The molecule has 9 nitrogen and oxygen atoms in total. The third-order valence-electron chi connectivity index (χ3n) is 6.03. The summed E-state index contributed by atoms with van der Waals surface area (Å²) in [4.78, 5) is 42.3. The number of piperidine rings is 1. The van der Waals surface area contributed by atoms with Gasteiger partial charge in [0.05, 0.1) is 12.1 Å². The molecular weight excluding hydrogens is 406 g/mol. The summed E-state index contributed by atoms with van der Waals surface area (Å²) in [6.07, 6.45) is 9.03. The van der Waals surface area contributed by atoms with Crippen LogP contribution in [0.25, 0.3) is 22.1 Å². The van der Waals surface area contributed by atoms with Gasteiger partial charge in [0, 0.05) is 37.3 Å². The normalized spacial score (nSPS) is 14.2. The van der Waals surface area contributed by atoms with E-state index >= 15 is 0 Å². The average Bonchev–Trinajstić information content (AvgIpc) is 3.21. The summed E-state index contributed by atoms with van der Waals surface area (Å²) in [5.74, 6) is 0.924. The Kier molecular flexibility index (Phi) is 4.78. The molecule has 162 valence electrons. The number of hydrogen-bond donors (Lipinski definition) is 0. The van der Waals surface area contributed by atoms with E-state index in [-0.39, 0.29) is 17.7 Å². The highest BCUT2D eigenvalue weighted by Crippen LogP contribution is 2.22. The summed E-state index contributed by atoms with van der Waals surface area (Å²) in [5, 5.41) is 0.934. The first-order valence-electron chi connectivity index (χ1n) is 10.7. The van der Waals surface area contributed by atoms with Crippen LogP contribution in [0.15, 0.2) is 33.9 Å². The lowest BCUT2D eigenvalue weighted by Crippen LogP contribution is -2.40. The minimum absolute atomic E-state index is 0.0537. The summed E-state index contributed by atoms with van der Waals surface area (Å²) in [6.45, 7) is 3.46. The standard InChI is InChI=1S/C23H23N7O2/c1-4-29-19-20(26-22(29)28-12-8-5-9-13-28)27(3)23(32)30(21(19)31)14-18-24-15(2)16-10-6-7-11-17(16)25-18/h1,6-7,10-11H,5,8-9,12-14H2,2-3H3. The van der Waals surface area contributed by atoms with Crippen LogP contribution in [0.4, 0.5) is 5.95 Å². The Balaban J connectivity index is 1.68. The maximum absolute atomic E-state index is 13.4. The summed E-state index contributed by atoms with van der Waals surface area (Å²) in [7, 11) is 1.60. The van der Waals surface area contributed by atoms with Crippen LogP contribution in [-0.2, 0) is 13.6 Å². The van der Waals surface area contributed by atoms with Gasteiger partial charge in [-0.2, -0.15) is 4.98 Å². The van der Waals surface area contributed by atoms with Crippen molar-refractivity contribution in [2.45, 2.75) is 32.7 Å². The van der Waals surface area contributed by atoms with Crippen molar-refractivity contribution in [2.24, 2.45) is 7.05 Å². The number of hydrogen-bond acceptors (Lipinski definition) is 6. The fourth-order valence-electron chi connectivity index (χ4n) is 4.38. The van der Waals surface area contributed by atoms with E-state index in [4.69, 9.17) is 6.42 Å². The molecule has 1 aromatic carbocycles. The lowest BCUT2D eigenvalue weighted by molar-refractivity contribution is 0.567. The molecule has 0 atom stereocenters. The van der Waals surface area contributed by atoms with Crippen LogP contribution >= 0.6 is 0 Å². The Hall–Kier alpha value is -3.93. The number of benzene rings is 1. The largest absolute Gasteiger partial charge is 0.341 e. The Morgan fingerprint density at radius 2 is 1.81 bits per heavy atom. The van der Waals surface area contributed by atoms with Crippen LogP contribution in [0, 0.1) is 19.4 Å². The fourth-order valence-corrected chi connectivity index (χ4v) is 4.38.